The number of benzene rings is 1. The van der Waals surface area contributed by atoms with Crippen molar-refractivity contribution in [2.45, 2.75) is 27.0 Å². The maximum atomic E-state index is 5.69. The Hall–Kier alpha value is -1.77. The molecule has 0 saturated carbocycles. The van der Waals surface area contributed by atoms with E-state index in [2.05, 4.69) is 29.5 Å². The van der Waals surface area contributed by atoms with Crippen LogP contribution in [0.1, 0.15) is 18.3 Å². The second kappa shape index (κ2) is 4.84. The molecule has 2 rings (SSSR count). The Labute approximate surface area is 95.7 Å². The van der Waals surface area contributed by atoms with E-state index in [1.807, 2.05) is 24.4 Å². The lowest BCUT2D eigenvalue weighted by Gasteiger charge is -2.07. The monoisotopic (exact) mass is 216 g/mol. The van der Waals surface area contributed by atoms with Crippen LogP contribution in [0.15, 0.2) is 36.7 Å². The Kier molecular flexibility index (Phi) is 3.25. The summed E-state index contributed by atoms with van der Waals surface area (Å²) in [6.45, 7) is 5.59. The number of hydrogen-bond acceptors (Lipinski definition) is 2. The van der Waals surface area contributed by atoms with Gasteiger partial charge in [-0.3, -0.25) is 0 Å². The van der Waals surface area contributed by atoms with Crippen LogP contribution in [-0.2, 0) is 13.2 Å². The van der Waals surface area contributed by atoms with E-state index in [1.165, 1.54) is 5.56 Å². The van der Waals surface area contributed by atoms with Crippen molar-refractivity contribution in [2.24, 2.45) is 0 Å². The van der Waals surface area contributed by atoms with E-state index in [1.54, 1.807) is 6.20 Å². The minimum Gasteiger partial charge on any atom is -0.486 e. The lowest BCUT2D eigenvalue weighted by Crippen LogP contribution is -2.05. The second-order valence-electron chi connectivity index (χ2n) is 3.73. The maximum Gasteiger partial charge on any atom is 0.146 e. The van der Waals surface area contributed by atoms with Crippen molar-refractivity contribution in [3.63, 3.8) is 0 Å². The molecule has 0 radical (unpaired) electrons. The zero-order valence-electron chi connectivity index (χ0n) is 9.68. The van der Waals surface area contributed by atoms with Gasteiger partial charge in [0.2, 0.25) is 0 Å². The van der Waals surface area contributed by atoms with Crippen molar-refractivity contribution in [2.75, 3.05) is 0 Å². The van der Waals surface area contributed by atoms with Gasteiger partial charge in [-0.2, -0.15) is 0 Å². The van der Waals surface area contributed by atoms with E-state index in [-0.39, 0.29) is 0 Å². The molecule has 84 valence electrons. The second-order valence-corrected chi connectivity index (χ2v) is 3.73. The predicted molar refractivity (Wildman–Crippen MR) is 63.4 cm³/mol. The summed E-state index contributed by atoms with van der Waals surface area (Å²) in [5.74, 6) is 1.86. The van der Waals surface area contributed by atoms with Crippen LogP contribution in [0.25, 0.3) is 0 Å². The Bertz CT molecular complexity index is 462. The van der Waals surface area contributed by atoms with Gasteiger partial charge >= 0.3 is 0 Å². The van der Waals surface area contributed by atoms with Crippen LogP contribution in [-0.4, -0.2) is 9.55 Å². The molecule has 0 bridgehead atoms. The van der Waals surface area contributed by atoms with E-state index in [0.29, 0.717) is 6.61 Å². The van der Waals surface area contributed by atoms with Crippen LogP contribution < -0.4 is 4.74 Å². The van der Waals surface area contributed by atoms with Gasteiger partial charge < -0.3 is 9.30 Å². The standard InChI is InChI=1S/C13H16N2O/c1-3-15-8-7-14-13(15)10-16-12-6-4-5-11(2)9-12/h4-9H,3,10H2,1-2H3. The van der Waals surface area contributed by atoms with Gasteiger partial charge in [0.1, 0.15) is 18.2 Å². The SMILES string of the molecule is CCn1ccnc1COc1cccc(C)c1. The minimum atomic E-state index is 0.518. The third-order valence-electron chi connectivity index (χ3n) is 2.50. The minimum absolute atomic E-state index is 0.518. The van der Waals surface area contributed by atoms with Gasteiger partial charge in [-0.1, -0.05) is 12.1 Å². The highest BCUT2D eigenvalue weighted by atomic mass is 16.5. The van der Waals surface area contributed by atoms with Gasteiger partial charge in [-0.15, -0.1) is 0 Å². The molecule has 0 aliphatic rings. The average Bonchev–Trinajstić information content (AvgIpc) is 2.74. The summed E-state index contributed by atoms with van der Waals surface area (Å²) in [7, 11) is 0. The number of nitrogens with zero attached hydrogens (tertiary/aromatic N) is 2. The number of aromatic nitrogens is 2. The number of aryl methyl sites for hydroxylation is 2. The van der Waals surface area contributed by atoms with Crippen LogP contribution in [0.3, 0.4) is 0 Å². The van der Waals surface area contributed by atoms with Gasteiger partial charge in [0, 0.05) is 18.9 Å². The smallest absolute Gasteiger partial charge is 0.146 e. The first kappa shape index (κ1) is 10.7. The first-order chi connectivity index (χ1) is 7.79. The maximum absolute atomic E-state index is 5.69. The lowest BCUT2D eigenvalue weighted by atomic mass is 10.2. The van der Waals surface area contributed by atoms with E-state index in [9.17, 15) is 0 Å². The largest absolute Gasteiger partial charge is 0.486 e. The fraction of sp³-hybridized carbons (Fsp3) is 0.308. The predicted octanol–water partition coefficient (Wildman–Crippen LogP) is 2.79. The highest BCUT2D eigenvalue weighted by Gasteiger charge is 2.01. The third kappa shape index (κ3) is 2.42. The molecule has 0 amide bonds. The highest BCUT2D eigenvalue weighted by Crippen LogP contribution is 2.13. The van der Waals surface area contributed by atoms with Crippen LogP contribution >= 0.6 is 0 Å². The average molecular weight is 216 g/mol. The van der Waals surface area contributed by atoms with Gasteiger partial charge in [0.25, 0.3) is 0 Å². The molecule has 0 atom stereocenters. The first-order valence-corrected chi connectivity index (χ1v) is 5.49. The Balaban J connectivity index is 2.02. The highest BCUT2D eigenvalue weighted by molar-refractivity contribution is 5.27. The summed E-state index contributed by atoms with van der Waals surface area (Å²) in [5, 5.41) is 0. The van der Waals surface area contributed by atoms with Gasteiger partial charge in [-0.05, 0) is 31.5 Å². The number of ether oxygens (including phenoxy) is 1. The van der Waals surface area contributed by atoms with Gasteiger partial charge in [0.15, 0.2) is 0 Å². The molecule has 3 nitrogen and oxygen atoms in total. The quantitative estimate of drug-likeness (QED) is 0.785. The fourth-order valence-corrected chi connectivity index (χ4v) is 1.62. The van der Waals surface area contributed by atoms with Gasteiger partial charge in [-0.25, -0.2) is 4.98 Å². The molecule has 0 fully saturated rings. The molecule has 0 unspecified atom stereocenters. The topological polar surface area (TPSA) is 27.1 Å². The Morgan fingerprint density at radius 1 is 1.38 bits per heavy atom. The van der Waals surface area contributed by atoms with Crippen molar-refractivity contribution in [3.8, 4) is 5.75 Å². The van der Waals surface area contributed by atoms with E-state index >= 15 is 0 Å². The number of rotatable bonds is 4. The summed E-state index contributed by atoms with van der Waals surface area (Å²) < 4.78 is 7.77. The molecule has 16 heavy (non-hydrogen) atoms. The molecular weight excluding hydrogens is 200 g/mol. The van der Waals surface area contributed by atoms with Crippen LogP contribution in [0.5, 0.6) is 5.75 Å². The Morgan fingerprint density at radius 2 is 2.25 bits per heavy atom. The zero-order valence-corrected chi connectivity index (χ0v) is 9.68. The first-order valence-electron chi connectivity index (χ1n) is 5.49. The van der Waals surface area contributed by atoms with Crippen LogP contribution in [0.2, 0.25) is 0 Å². The van der Waals surface area contributed by atoms with E-state index < -0.39 is 0 Å². The normalized spacial score (nSPS) is 10.4. The number of hydrogen-bond donors (Lipinski definition) is 0. The summed E-state index contributed by atoms with van der Waals surface area (Å²) >= 11 is 0. The van der Waals surface area contributed by atoms with E-state index in [0.717, 1.165) is 18.1 Å². The van der Waals surface area contributed by atoms with Gasteiger partial charge in [0.05, 0.1) is 0 Å². The van der Waals surface area contributed by atoms with Crippen LogP contribution in [0, 0.1) is 6.92 Å². The van der Waals surface area contributed by atoms with E-state index in [4.69, 9.17) is 4.74 Å². The van der Waals surface area contributed by atoms with Crippen molar-refractivity contribution in [1.29, 1.82) is 0 Å². The molecule has 0 N–H and O–H groups in total. The molecule has 3 heteroatoms. The fourth-order valence-electron chi connectivity index (χ4n) is 1.62. The molecule has 1 aromatic carbocycles. The molecule has 0 saturated heterocycles. The molecule has 1 heterocycles. The van der Waals surface area contributed by atoms with Crippen molar-refractivity contribution >= 4 is 0 Å². The summed E-state index contributed by atoms with van der Waals surface area (Å²) in [6.07, 6.45) is 3.77. The number of imidazole rings is 1. The van der Waals surface area contributed by atoms with Crippen LogP contribution in [0.4, 0.5) is 0 Å². The zero-order chi connectivity index (χ0) is 11.4. The lowest BCUT2D eigenvalue weighted by molar-refractivity contribution is 0.290. The third-order valence-corrected chi connectivity index (χ3v) is 2.50. The molecule has 1 aromatic heterocycles. The molecule has 0 aliphatic carbocycles. The molecule has 0 aliphatic heterocycles. The summed E-state index contributed by atoms with van der Waals surface area (Å²) in [4.78, 5) is 4.26. The molecular formula is C13H16N2O. The van der Waals surface area contributed by atoms with Crippen molar-refractivity contribution in [3.05, 3.63) is 48.0 Å². The Morgan fingerprint density at radius 3 is 3.00 bits per heavy atom. The molecule has 2 aromatic rings. The summed E-state index contributed by atoms with van der Waals surface area (Å²) in [5.41, 5.74) is 1.20. The van der Waals surface area contributed by atoms with Crippen molar-refractivity contribution in [1.82, 2.24) is 9.55 Å². The molecule has 0 spiro atoms. The van der Waals surface area contributed by atoms with Crippen molar-refractivity contribution < 1.29 is 4.74 Å². The summed E-state index contributed by atoms with van der Waals surface area (Å²) in [6, 6.07) is 8.04.